The maximum absolute atomic E-state index is 14.1. The minimum atomic E-state index is -1.48. The first kappa shape index (κ1) is 18.7. The molecule has 0 saturated carbocycles. The maximum Gasteiger partial charge on any atom is 0.166 e. The highest BCUT2D eigenvalue weighted by Gasteiger charge is 2.30. The first-order chi connectivity index (χ1) is 11.4. The topological polar surface area (TPSA) is 40.5 Å². The number of halogens is 5. The lowest BCUT2D eigenvalue weighted by Crippen LogP contribution is -2.21. The molecule has 130 valence electrons. The second-order valence-electron chi connectivity index (χ2n) is 5.03. The first-order valence-electron chi connectivity index (χ1n) is 6.85. The van der Waals surface area contributed by atoms with Crippen molar-refractivity contribution in [1.82, 2.24) is 0 Å². The molecule has 0 aromatic heterocycles. The SMILES string of the molecule is OCC(CO)C(Sc1cc(F)cc(F)c1)c1c(F)ccc(F)c1F. The fraction of sp³-hybridized carbons (Fsp3) is 0.250. The highest BCUT2D eigenvalue weighted by Crippen LogP contribution is 2.43. The summed E-state index contributed by atoms with van der Waals surface area (Å²) in [7, 11) is 0. The van der Waals surface area contributed by atoms with E-state index >= 15 is 0 Å². The van der Waals surface area contributed by atoms with Crippen LogP contribution in [0.3, 0.4) is 0 Å². The third-order valence-corrected chi connectivity index (χ3v) is 4.74. The van der Waals surface area contributed by atoms with Gasteiger partial charge < -0.3 is 10.2 Å². The number of benzene rings is 2. The van der Waals surface area contributed by atoms with Crippen molar-refractivity contribution < 1.29 is 32.2 Å². The molecular formula is C16H13F5O2S. The molecule has 0 aliphatic heterocycles. The highest BCUT2D eigenvalue weighted by molar-refractivity contribution is 7.99. The van der Waals surface area contributed by atoms with Gasteiger partial charge in [-0.1, -0.05) is 0 Å². The van der Waals surface area contributed by atoms with Gasteiger partial charge in [-0.05, 0) is 24.3 Å². The van der Waals surface area contributed by atoms with Gasteiger partial charge >= 0.3 is 0 Å². The number of aliphatic hydroxyl groups excluding tert-OH is 2. The van der Waals surface area contributed by atoms with Gasteiger partial charge in [-0.2, -0.15) is 0 Å². The van der Waals surface area contributed by atoms with Crippen molar-refractivity contribution in [1.29, 1.82) is 0 Å². The summed E-state index contributed by atoms with van der Waals surface area (Å²) in [6.07, 6.45) is 0. The zero-order valence-electron chi connectivity index (χ0n) is 12.1. The standard InChI is InChI=1S/C16H13F5O2S/c17-9-3-10(18)5-11(4-9)24-16(8(6-22)7-23)14-12(19)1-2-13(20)15(14)21/h1-5,8,16,22-23H,6-7H2. The summed E-state index contributed by atoms with van der Waals surface area (Å²) in [4.78, 5) is -0.0209. The zero-order valence-corrected chi connectivity index (χ0v) is 13.0. The molecule has 1 unspecified atom stereocenters. The molecule has 0 saturated heterocycles. The van der Waals surface area contributed by atoms with Gasteiger partial charge in [0.05, 0.1) is 0 Å². The summed E-state index contributed by atoms with van der Waals surface area (Å²) in [6, 6.07) is 3.80. The van der Waals surface area contributed by atoms with E-state index in [1.54, 1.807) is 0 Å². The Morgan fingerprint density at radius 1 is 0.833 bits per heavy atom. The van der Waals surface area contributed by atoms with E-state index < -0.39 is 59.0 Å². The van der Waals surface area contributed by atoms with Crippen molar-refractivity contribution in [3.8, 4) is 0 Å². The molecule has 2 aromatic rings. The van der Waals surface area contributed by atoms with E-state index in [2.05, 4.69) is 0 Å². The lowest BCUT2D eigenvalue weighted by Gasteiger charge is -2.25. The van der Waals surface area contributed by atoms with Crippen molar-refractivity contribution in [2.24, 2.45) is 5.92 Å². The molecule has 0 fully saturated rings. The van der Waals surface area contributed by atoms with Crippen molar-refractivity contribution in [2.45, 2.75) is 10.1 Å². The Morgan fingerprint density at radius 2 is 1.38 bits per heavy atom. The Kier molecular flexibility index (Phi) is 6.20. The number of rotatable bonds is 6. The lowest BCUT2D eigenvalue weighted by molar-refractivity contribution is 0.146. The summed E-state index contributed by atoms with van der Waals surface area (Å²) in [6.45, 7) is -1.33. The van der Waals surface area contributed by atoms with Gasteiger partial charge in [0, 0.05) is 40.9 Å². The van der Waals surface area contributed by atoms with Crippen LogP contribution in [0.25, 0.3) is 0 Å². The summed E-state index contributed by atoms with van der Waals surface area (Å²) in [5, 5.41) is 17.4. The normalized spacial score (nSPS) is 12.7. The van der Waals surface area contributed by atoms with E-state index in [4.69, 9.17) is 0 Å². The molecular weight excluding hydrogens is 351 g/mol. The van der Waals surface area contributed by atoms with Crippen molar-refractivity contribution >= 4 is 11.8 Å². The van der Waals surface area contributed by atoms with Gasteiger partial charge in [0.1, 0.15) is 17.5 Å². The average Bonchev–Trinajstić information content (AvgIpc) is 2.51. The number of hydrogen-bond acceptors (Lipinski definition) is 3. The fourth-order valence-corrected chi connectivity index (χ4v) is 3.54. The Labute approximate surface area is 138 Å². The fourth-order valence-electron chi connectivity index (χ4n) is 2.19. The molecule has 0 aliphatic rings. The number of hydrogen-bond donors (Lipinski definition) is 2. The van der Waals surface area contributed by atoms with Gasteiger partial charge in [0.25, 0.3) is 0 Å². The van der Waals surface area contributed by atoms with Crippen LogP contribution in [0.1, 0.15) is 10.8 Å². The molecule has 8 heteroatoms. The number of thioether (sulfide) groups is 1. The molecule has 2 rings (SSSR count). The second-order valence-corrected chi connectivity index (χ2v) is 6.24. The molecule has 0 heterocycles. The van der Waals surface area contributed by atoms with Gasteiger partial charge in [0.2, 0.25) is 0 Å². The maximum atomic E-state index is 14.1. The second kappa shape index (κ2) is 7.96. The minimum Gasteiger partial charge on any atom is -0.396 e. The lowest BCUT2D eigenvalue weighted by atomic mass is 9.99. The molecule has 2 aromatic carbocycles. The van der Waals surface area contributed by atoms with E-state index in [1.165, 1.54) is 0 Å². The zero-order chi connectivity index (χ0) is 17.9. The molecule has 1 atom stereocenters. The van der Waals surface area contributed by atoms with Crippen molar-refractivity contribution in [3.05, 3.63) is 65.0 Å². The van der Waals surface area contributed by atoms with Crippen LogP contribution in [0.2, 0.25) is 0 Å². The molecule has 2 nitrogen and oxygen atoms in total. The summed E-state index contributed by atoms with van der Waals surface area (Å²) in [5.41, 5.74) is -0.710. The molecule has 0 bridgehead atoms. The average molecular weight is 364 g/mol. The Bertz CT molecular complexity index is 702. The quantitative estimate of drug-likeness (QED) is 0.465. The molecule has 0 amide bonds. The van der Waals surface area contributed by atoms with E-state index in [-0.39, 0.29) is 4.90 Å². The Balaban J connectivity index is 2.52. The van der Waals surface area contributed by atoms with Gasteiger partial charge in [0.15, 0.2) is 11.6 Å². The third-order valence-electron chi connectivity index (χ3n) is 3.36. The Hall–Kier alpha value is -1.64. The Morgan fingerprint density at radius 3 is 1.92 bits per heavy atom. The monoisotopic (exact) mass is 364 g/mol. The summed E-state index contributed by atoms with van der Waals surface area (Å²) in [5.74, 6) is -6.75. The predicted molar refractivity (Wildman–Crippen MR) is 78.9 cm³/mol. The molecule has 0 spiro atoms. The van der Waals surface area contributed by atoms with Crippen molar-refractivity contribution in [3.63, 3.8) is 0 Å². The van der Waals surface area contributed by atoms with Crippen LogP contribution in [0.5, 0.6) is 0 Å². The van der Waals surface area contributed by atoms with E-state index in [0.29, 0.717) is 30.0 Å². The number of aliphatic hydroxyl groups is 2. The van der Waals surface area contributed by atoms with E-state index in [1.807, 2.05) is 0 Å². The minimum absolute atomic E-state index is 0.0209. The molecule has 24 heavy (non-hydrogen) atoms. The van der Waals surface area contributed by atoms with Crippen LogP contribution in [0.4, 0.5) is 22.0 Å². The molecule has 2 N–H and O–H groups in total. The van der Waals surface area contributed by atoms with Crippen molar-refractivity contribution in [2.75, 3.05) is 13.2 Å². The first-order valence-corrected chi connectivity index (χ1v) is 7.73. The van der Waals surface area contributed by atoms with Crippen LogP contribution in [-0.2, 0) is 0 Å². The molecule has 0 radical (unpaired) electrons. The van der Waals surface area contributed by atoms with Crippen LogP contribution < -0.4 is 0 Å². The summed E-state index contributed by atoms with van der Waals surface area (Å²) < 4.78 is 68.2. The van der Waals surface area contributed by atoms with Crippen LogP contribution in [-0.4, -0.2) is 23.4 Å². The van der Waals surface area contributed by atoms with E-state index in [9.17, 15) is 32.2 Å². The van der Waals surface area contributed by atoms with Gasteiger partial charge in [-0.3, -0.25) is 0 Å². The predicted octanol–water partition coefficient (Wildman–Crippen LogP) is 3.82. The van der Waals surface area contributed by atoms with Gasteiger partial charge in [-0.15, -0.1) is 11.8 Å². The summed E-state index contributed by atoms with van der Waals surface area (Å²) >= 11 is 0.618. The molecule has 0 aliphatic carbocycles. The third kappa shape index (κ3) is 4.06. The van der Waals surface area contributed by atoms with Gasteiger partial charge in [-0.25, -0.2) is 22.0 Å². The van der Waals surface area contributed by atoms with Crippen LogP contribution >= 0.6 is 11.8 Å². The van der Waals surface area contributed by atoms with Crippen LogP contribution in [0, 0.1) is 35.0 Å². The van der Waals surface area contributed by atoms with E-state index in [0.717, 1.165) is 12.1 Å². The van der Waals surface area contributed by atoms with Crippen LogP contribution in [0.15, 0.2) is 35.2 Å². The largest absolute Gasteiger partial charge is 0.396 e. The highest BCUT2D eigenvalue weighted by atomic mass is 32.2. The smallest absolute Gasteiger partial charge is 0.166 e.